The van der Waals surface area contributed by atoms with Gasteiger partial charge in [0.25, 0.3) is 0 Å². The van der Waals surface area contributed by atoms with Crippen LogP contribution < -0.4 is 5.32 Å². The van der Waals surface area contributed by atoms with E-state index in [1.165, 1.54) is 24.8 Å². The molecule has 0 saturated heterocycles. The van der Waals surface area contributed by atoms with Gasteiger partial charge in [0.1, 0.15) is 0 Å². The van der Waals surface area contributed by atoms with Gasteiger partial charge in [0.15, 0.2) is 0 Å². The smallest absolute Gasteiger partial charge is 0.0408 e. The molecule has 1 aromatic carbocycles. The van der Waals surface area contributed by atoms with Crippen LogP contribution in [-0.4, -0.2) is 13.1 Å². The normalized spacial score (nSPS) is 14.4. The van der Waals surface area contributed by atoms with Gasteiger partial charge in [-0.1, -0.05) is 50.9 Å². The number of rotatable bonds is 8. The summed E-state index contributed by atoms with van der Waals surface area (Å²) in [7, 11) is 0. The molecule has 0 heterocycles. The molecule has 0 fully saturated rings. The summed E-state index contributed by atoms with van der Waals surface area (Å²) in [6.45, 7) is 9.04. The van der Waals surface area contributed by atoms with Crippen LogP contribution in [0.1, 0.15) is 45.6 Å². The highest BCUT2D eigenvalue weighted by Gasteiger charge is 2.23. The lowest BCUT2D eigenvalue weighted by atomic mass is 9.79. The molecule has 0 aliphatic carbocycles. The molecule has 0 amide bonds. The van der Waals surface area contributed by atoms with Gasteiger partial charge in [0, 0.05) is 11.6 Å². The van der Waals surface area contributed by atoms with Crippen LogP contribution >= 0.6 is 11.6 Å². The van der Waals surface area contributed by atoms with E-state index >= 15 is 0 Å². The monoisotopic (exact) mass is 267 g/mol. The SMILES string of the molecule is CCCNCC(C)(CCC)Cc1cccc(Cl)c1. The van der Waals surface area contributed by atoms with Crippen molar-refractivity contribution < 1.29 is 0 Å². The van der Waals surface area contributed by atoms with Crippen molar-refractivity contribution in [1.82, 2.24) is 5.32 Å². The highest BCUT2D eigenvalue weighted by atomic mass is 35.5. The zero-order valence-corrected chi connectivity index (χ0v) is 12.7. The lowest BCUT2D eigenvalue weighted by Crippen LogP contribution is -2.34. The fourth-order valence-corrected chi connectivity index (χ4v) is 2.76. The zero-order valence-electron chi connectivity index (χ0n) is 11.9. The van der Waals surface area contributed by atoms with Crippen molar-refractivity contribution in [3.05, 3.63) is 34.9 Å². The van der Waals surface area contributed by atoms with E-state index < -0.39 is 0 Å². The van der Waals surface area contributed by atoms with Crippen LogP contribution in [0.2, 0.25) is 5.02 Å². The molecular weight excluding hydrogens is 242 g/mol. The Morgan fingerprint density at radius 2 is 2.00 bits per heavy atom. The molecule has 102 valence electrons. The molecule has 18 heavy (non-hydrogen) atoms. The minimum atomic E-state index is 0.328. The second-order valence-electron chi connectivity index (χ2n) is 5.54. The Hall–Kier alpha value is -0.530. The highest BCUT2D eigenvalue weighted by Crippen LogP contribution is 2.28. The molecule has 1 aromatic rings. The van der Waals surface area contributed by atoms with E-state index in [1.54, 1.807) is 0 Å². The Kier molecular flexibility index (Phi) is 6.73. The van der Waals surface area contributed by atoms with Crippen LogP contribution in [0, 0.1) is 5.41 Å². The Bertz CT molecular complexity index is 351. The van der Waals surface area contributed by atoms with Crippen LogP contribution in [0.4, 0.5) is 0 Å². The first kappa shape index (κ1) is 15.5. The van der Waals surface area contributed by atoms with Crippen molar-refractivity contribution in [1.29, 1.82) is 0 Å². The largest absolute Gasteiger partial charge is 0.316 e. The van der Waals surface area contributed by atoms with Crippen molar-refractivity contribution in [3.8, 4) is 0 Å². The van der Waals surface area contributed by atoms with E-state index in [-0.39, 0.29) is 0 Å². The summed E-state index contributed by atoms with van der Waals surface area (Å²) in [4.78, 5) is 0. The molecule has 0 saturated carbocycles. The topological polar surface area (TPSA) is 12.0 Å². The third-order valence-electron chi connectivity index (χ3n) is 3.35. The second kappa shape index (κ2) is 7.81. The van der Waals surface area contributed by atoms with Gasteiger partial charge in [0.05, 0.1) is 0 Å². The first-order valence-electron chi connectivity index (χ1n) is 7.05. The predicted molar refractivity (Wildman–Crippen MR) is 81.3 cm³/mol. The lowest BCUT2D eigenvalue weighted by molar-refractivity contribution is 0.275. The number of nitrogens with one attached hydrogen (secondary N) is 1. The van der Waals surface area contributed by atoms with E-state index in [4.69, 9.17) is 11.6 Å². The summed E-state index contributed by atoms with van der Waals surface area (Å²) < 4.78 is 0. The summed E-state index contributed by atoms with van der Waals surface area (Å²) in [5, 5.41) is 4.40. The Morgan fingerprint density at radius 3 is 2.61 bits per heavy atom. The van der Waals surface area contributed by atoms with Gasteiger partial charge in [-0.3, -0.25) is 0 Å². The van der Waals surface area contributed by atoms with Gasteiger partial charge in [-0.25, -0.2) is 0 Å². The first-order valence-corrected chi connectivity index (χ1v) is 7.42. The standard InChI is InChI=1S/C16H26ClN/c1-4-9-16(3,13-18-10-5-2)12-14-7-6-8-15(17)11-14/h6-8,11,18H,4-5,9-10,12-13H2,1-3H3. The van der Waals surface area contributed by atoms with Gasteiger partial charge in [-0.15, -0.1) is 0 Å². The number of halogens is 1. The van der Waals surface area contributed by atoms with Crippen molar-refractivity contribution in [2.75, 3.05) is 13.1 Å². The minimum Gasteiger partial charge on any atom is -0.316 e. The lowest BCUT2D eigenvalue weighted by Gasteiger charge is -2.30. The maximum atomic E-state index is 6.06. The third kappa shape index (κ3) is 5.41. The van der Waals surface area contributed by atoms with Gasteiger partial charge in [-0.2, -0.15) is 0 Å². The molecule has 2 heteroatoms. The molecule has 1 nitrogen and oxygen atoms in total. The summed E-state index contributed by atoms with van der Waals surface area (Å²) in [5.41, 5.74) is 1.67. The summed E-state index contributed by atoms with van der Waals surface area (Å²) in [6.07, 6.45) is 4.76. The Balaban J connectivity index is 2.65. The quantitative estimate of drug-likeness (QED) is 0.674. The van der Waals surface area contributed by atoms with Crippen molar-refractivity contribution in [2.24, 2.45) is 5.41 Å². The number of benzene rings is 1. The van der Waals surface area contributed by atoms with Crippen LogP contribution in [0.3, 0.4) is 0 Å². The summed E-state index contributed by atoms with van der Waals surface area (Å²) in [6, 6.07) is 8.26. The molecule has 1 rings (SSSR count). The van der Waals surface area contributed by atoms with Crippen LogP contribution in [-0.2, 0) is 6.42 Å². The number of hydrogen-bond donors (Lipinski definition) is 1. The van der Waals surface area contributed by atoms with Crippen LogP contribution in [0.25, 0.3) is 0 Å². The fourth-order valence-electron chi connectivity index (χ4n) is 2.55. The Labute approximate surface area is 117 Å². The van der Waals surface area contributed by atoms with Gasteiger partial charge < -0.3 is 5.32 Å². The van der Waals surface area contributed by atoms with E-state index in [0.717, 1.165) is 24.5 Å². The molecule has 1 atom stereocenters. The van der Waals surface area contributed by atoms with E-state index in [9.17, 15) is 0 Å². The molecule has 0 aliphatic rings. The van der Waals surface area contributed by atoms with Crippen molar-refractivity contribution in [2.45, 2.75) is 46.5 Å². The fraction of sp³-hybridized carbons (Fsp3) is 0.625. The molecular formula is C16H26ClN. The maximum Gasteiger partial charge on any atom is 0.0408 e. The average molecular weight is 268 g/mol. The first-order chi connectivity index (χ1) is 8.59. The average Bonchev–Trinajstić information content (AvgIpc) is 2.29. The third-order valence-corrected chi connectivity index (χ3v) is 3.59. The minimum absolute atomic E-state index is 0.328. The molecule has 0 aliphatic heterocycles. The number of hydrogen-bond acceptors (Lipinski definition) is 1. The zero-order chi connectivity index (χ0) is 13.4. The van der Waals surface area contributed by atoms with Gasteiger partial charge >= 0.3 is 0 Å². The van der Waals surface area contributed by atoms with Gasteiger partial charge in [-0.05, 0) is 48.9 Å². The van der Waals surface area contributed by atoms with Gasteiger partial charge in [0.2, 0.25) is 0 Å². The molecule has 0 spiro atoms. The summed E-state index contributed by atoms with van der Waals surface area (Å²) >= 11 is 6.06. The highest BCUT2D eigenvalue weighted by molar-refractivity contribution is 6.30. The molecule has 1 N–H and O–H groups in total. The van der Waals surface area contributed by atoms with Crippen LogP contribution in [0.15, 0.2) is 24.3 Å². The second-order valence-corrected chi connectivity index (χ2v) is 5.98. The predicted octanol–water partition coefficient (Wildman–Crippen LogP) is 4.69. The molecule has 1 unspecified atom stereocenters. The van der Waals surface area contributed by atoms with E-state index in [0.29, 0.717) is 5.41 Å². The molecule has 0 aromatic heterocycles. The molecule has 0 bridgehead atoms. The van der Waals surface area contributed by atoms with Crippen LogP contribution in [0.5, 0.6) is 0 Å². The summed E-state index contributed by atoms with van der Waals surface area (Å²) in [5.74, 6) is 0. The van der Waals surface area contributed by atoms with E-state index in [2.05, 4.69) is 38.2 Å². The maximum absolute atomic E-state index is 6.06. The van der Waals surface area contributed by atoms with E-state index in [1.807, 2.05) is 12.1 Å². The Morgan fingerprint density at radius 1 is 1.22 bits per heavy atom. The van der Waals surface area contributed by atoms with Crippen molar-refractivity contribution >= 4 is 11.6 Å². The van der Waals surface area contributed by atoms with Crippen molar-refractivity contribution in [3.63, 3.8) is 0 Å². The molecule has 0 radical (unpaired) electrons.